The normalized spacial score (nSPS) is 58.1. The van der Waals surface area contributed by atoms with Crippen molar-refractivity contribution in [1.29, 1.82) is 0 Å². The molecule has 0 aliphatic heterocycles. The van der Waals surface area contributed by atoms with Gasteiger partial charge in [0.1, 0.15) is 0 Å². The minimum atomic E-state index is -0.786. The van der Waals surface area contributed by atoms with Crippen LogP contribution in [0.5, 0.6) is 0 Å². The number of aliphatic hydroxyl groups is 2. The van der Waals surface area contributed by atoms with E-state index in [1.54, 1.807) is 0 Å². The Kier molecular flexibility index (Phi) is 4.29. The summed E-state index contributed by atoms with van der Waals surface area (Å²) in [6, 6.07) is 0. The van der Waals surface area contributed by atoms with Crippen LogP contribution in [0.3, 0.4) is 0 Å². The van der Waals surface area contributed by atoms with Crippen molar-refractivity contribution in [3.8, 4) is 0 Å². The Bertz CT molecular complexity index is 582. The minimum Gasteiger partial charge on any atom is -0.481 e. The first-order chi connectivity index (χ1) is 11.7. The maximum Gasteiger partial charge on any atom is 0.307 e. The van der Waals surface area contributed by atoms with E-state index in [9.17, 15) is 20.1 Å². The van der Waals surface area contributed by atoms with Gasteiger partial charge in [-0.25, -0.2) is 0 Å². The number of carboxylic acids is 1. The summed E-state index contributed by atoms with van der Waals surface area (Å²) in [6.45, 7) is 4.37. The molecule has 0 bridgehead atoms. The smallest absolute Gasteiger partial charge is 0.307 e. The van der Waals surface area contributed by atoms with Crippen LogP contribution in [0.25, 0.3) is 0 Å². The zero-order chi connectivity index (χ0) is 18.2. The molecule has 4 saturated carbocycles. The third kappa shape index (κ3) is 2.21. The van der Waals surface area contributed by atoms with E-state index in [0.29, 0.717) is 24.7 Å². The van der Waals surface area contributed by atoms with Crippen LogP contribution in [-0.2, 0) is 4.79 Å². The summed E-state index contributed by atoms with van der Waals surface area (Å²) in [5.41, 5.74) is -0.469. The van der Waals surface area contributed by atoms with E-state index >= 15 is 0 Å². The van der Waals surface area contributed by atoms with Crippen LogP contribution in [0.15, 0.2) is 0 Å². The monoisotopic (exact) mass is 462 g/mol. The van der Waals surface area contributed by atoms with E-state index in [1.807, 2.05) is 6.92 Å². The topological polar surface area (TPSA) is 77.8 Å². The van der Waals surface area contributed by atoms with Gasteiger partial charge in [0.05, 0.1) is 18.1 Å². The first-order valence-corrected chi connectivity index (χ1v) is 11.0. The fourth-order valence-corrected chi connectivity index (χ4v) is 9.47. The van der Waals surface area contributed by atoms with Gasteiger partial charge in [0.2, 0.25) is 0 Å². The highest BCUT2D eigenvalue weighted by Crippen LogP contribution is 2.71. The summed E-state index contributed by atoms with van der Waals surface area (Å²) >= 11 is 2.46. The summed E-state index contributed by atoms with van der Waals surface area (Å²) < 4.78 is -0.332. The molecule has 0 radical (unpaired) electrons. The zero-order valence-corrected chi connectivity index (χ0v) is 17.4. The molecule has 0 aromatic carbocycles. The predicted molar refractivity (Wildman–Crippen MR) is 104 cm³/mol. The Morgan fingerprint density at radius 1 is 1.08 bits per heavy atom. The average molecular weight is 462 g/mol. The lowest BCUT2D eigenvalue weighted by atomic mass is 9.43. The first-order valence-electron chi connectivity index (χ1n) is 9.94. The number of rotatable bonds is 1. The molecule has 4 rings (SSSR count). The Morgan fingerprint density at radius 3 is 2.48 bits per heavy atom. The molecule has 4 fully saturated rings. The van der Waals surface area contributed by atoms with Crippen LogP contribution in [0.4, 0.5) is 0 Å². The summed E-state index contributed by atoms with van der Waals surface area (Å²) in [7, 11) is 0. The number of aliphatic carboxylic acids is 1. The number of aliphatic hydroxyl groups excluding tert-OH is 2. The van der Waals surface area contributed by atoms with Gasteiger partial charge in [-0.2, -0.15) is 0 Å². The Morgan fingerprint density at radius 2 is 1.80 bits per heavy atom. The zero-order valence-electron chi connectivity index (χ0n) is 15.2. The molecule has 5 heteroatoms. The van der Waals surface area contributed by atoms with Crippen LogP contribution < -0.4 is 0 Å². The third-order valence-corrected chi connectivity index (χ3v) is 11.5. The van der Waals surface area contributed by atoms with Crippen molar-refractivity contribution in [3.05, 3.63) is 0 Å². The van der Waals surface area contributed by atoms with Gasteiger partial charge in [-0.05, 0) is 55.8 Å². The highest BCUT2D eigenvalue weighted by atomic mass is 127. The largest absolute Gasteiger partial charge is 0.481 e. The lowest BCUT2D eigenvalue weighted by Crippen LogP contribution is -2.67. The van der Waals surface area contributed by atoms with Crippen LogP contribution in [0.1, 0.15) is 65.2 Å². The Hall–Kier alpha value is 0.120. The third-order valence-electron chi connectivity index (χ3n) is 9.08. The van der Waals surface area contributed by atoms with Gasteiger partial charge in [0.25, 0.3) is 0 Å². The Balaban J connectivity index is 1.79. The van der Waals surface area contributed by atoms with Crippen LogP contribution in [-0.4, -0.2) is 36.9 Å². The van der Waals surface area contributed by atoms with E-state index in [1.165, 1.54) is 25.7 Å². The second-order valence-electron chi connectivity index (χ2n) is 9.71. The van der Waals surface area contributed by atoms with Crippen molar-refractivity contribution >= 4 is 28.6 Å². The second kappa shape index (κ2) is 5.81. The van der Waals surface area contributed by atoms with Crippen molar-refractivity contribution in [1.82, 2.24) is 0 Å². The fraction of sp³-hybridized carbons (Fsp3) is 0.950. The van der Waals surface area contributed by atoms with Gasteiger partial charge in [-0.1, -0.05) is 49.3 Å². The fourth-order valence-electron chi connectivity index (χ4n) is 7.58. The number of halogens is 1. The van der Waals surface area contributed by atoms with E-state index in [0.717, 1.165) is 12.8 Å². The van der Waals surface area contributed by atoms with E-state index in [4.69, 9.17) is 0 Å². The molecule has 4 aliphatic rings. The van der Waals surface area contributed by atoms with Gasteiger partial charge in [0.15, 0.2) is 0 Å². The quantitative estimate of drug-likeness (QED) is 0.411. The maximum absolute atomic E-state index is 11.9. The molecule has 3 N–H and O–H groups in total. The average Bonchev–Trinajstić information content (AvgIpc) is 2.82. The molecule has 0 aromatic rings. The number of fused-ring (bicyclic) bond motifs is 5. The van der Waals surface area contributed by atoms with Crippen LogP contribution in [0.2, 0.25) is 0 Å². The molecule has 0 heterocycles. The standard InChI is InChI=1S/C20H31IO4/c1-18-7-4-3-5-11(18)9-14(22)16-13(18)10-15(23)19(2)12(17(24)25)6-8-20(16,19)21/h11-16,22-23H,3-10H2,1-2H3,(H,24,25)/t11-,12?,13-,14+,15-,16-,18-,19-,20+/m0/s1. The van der Waals surface area contributed by atoms with Crippen LogP contribution >= 0.6 is 22.6 Å². The van der Waals surface area contributed by atoms with E-state index in [2.05, 4.69) is 29.5 Å². The van der Waals surface area contributed by atoms with Crippen molar-refractivity contribution in [3.63, 3.8) is 0 Å². The van der Waals surface area contributed by atoms with E-state index in [-0.39, 0.29) is 20.9 Å². The summed E-state index contributed by atoms with van der Waals surface area (Å²) in [5.74, 6) is -0.347. The van der Waals surface area contributed by atoms with Gasteiger partial charge in [0, 0.05) is 14.8 Å². The molecule has 0 aromatic heterocycles. The van der Waals surface area contributed by atoms with Crippen LogP contribution in [0, 0.1) is 34.5 Å². The van der Waals surface area contributed by atoms with Gasteiger partial charge >= 0.3 is 5.97 Å². The Labute approximate surface area is 163 Å². The molecule has 4 nitrogen and oxygen atoms in total. The molecular weight excluding hydrogens is 431 g/mol. The van der Waals surface area contributed by atoms with Gasteiger partial charge in [-0.3, -0.25) is 4.79 Å². The van der Waals surface area contributed by atoms with Crippen molar-refractivity contribution in [2.45, 2.75) is 80.8 Å². The number of hydrogen-bond donors (Lipinski definition) is 3. The van der Waals surface area contributed by atoms with Crippen molar-refractivity contribution < 1.29 is 20.1 Å². The van der Waals surface area contributed by atoms with Crippen molar-refractivity contribution in [2.75, 3.05) is 0 Å². The lowest BCUT2D eigenvalue weighted by molar-refractivity contribution is -0.188. The summed E-state index contributed by atoms with van der Waals surface area (Å²) in [4.78, 5) is 11.9. The number of carbonyl (C=O) groups is 1. The molecule has 0 saturated heterocycles. The molecular formula is C20H31IO4. The number of alkyl halides is 1. The second-order valence-corrected chi connectivity index (χ2v) is 11.6. The van der Waals surface area contributed by atoms with Gasteiger partial charge < -0.3 is 15.3 Å². The van der Waals surface area contributed by atoms with Gasteiger partial charge in [-0.15, -0.1) is 0 Å². The molecule has 0 spiro atoms. The highest BCUT2D eigenvalue weighted by Gasteiger charge is 2.72. The predicted octanol–water partition coefficient (Wildman–Crippen LogP) is 3.62. The molecule has 9 atom stereocenters. The molecule has 142 valence electrons. The van der Waals surface area contributed by atoms with Crippen molar-refractivity contribution in [2.24, 2.45) is 34.5 Å². The minimum absolute atomic E-state index is 0.102. The lowest BCUT2D eigenvalue weighted by Gasteiger charge is -2.65. The first kappa shape index (κ1) is 18.5. The molecule has 25 heavy (non-hydrogen) atoms. The van der Waals surface area contributed by atoms with E-state index < -0.39 is 23.4 Å². The SMILES string of the molecule is C[C@]12CCCC[C@H]1C[C@@H](O)[C@@H]1[C@@H]2C[C@H](O)[C@]2(C)C(C(=O)O)CC[C@@]12I. The molecule has 4 aliphatic carbocycles. The summed E-state index contributed by atoms with van der Waals surface area (Å²) in [5, 5.41) is 32.1. The molecule has 0 amide bonds. The number of hydrogen-bond acceptors (Lipinski definition) is 3. The molecule has 1 unspecified atom stereocenters. The number of carboxylic acid groups (broad SMARTS) is 1. The summed E-state index contributed by atoms with van der Waals surface area (Å²) in [6.07, 6.45) is 6.81. The maximum atomic E-state index is 11.9. The highest BCUT2D eigenvalue weighted by molar-refractivity contribution is 14.1.